The van der Waals surface area contributed by atoms with Crippen LogP contribution in [0.3, 0.4) is 0 Å². The van der Waals surface area contributed by atoms with E-state index in [2.05, 4.69) is 25.6 Å². The van der Waals surface area contributed by atoms with Gasteiger partial charge in [0.05, 0.1) is 18.5 Å². The number of nitrogens with one attached hydrogen (secondary N) is 2. The number of aliphatic hydroxyl groups is 1. The van der Waals surface area contributed by atoms with Gasteiger partial charge in [0, 0.05) is 38.8 Å². The molecule has 2 saturated heterocycles. The lowest BCUT2D eigenvalue weighted by Gasteiger charge is -2.35. The summed E-state index contributed by atoms with van der Waals surface area (Å²) < 4.78 is 43.0. The standard InChI is InChI=1S/C19H31FN8O3S/c1-4-15(12(3)29)23-19-24-17(16-18(25-19)26(5-2)11-21-16)22-14-6-7-27(10-14)32(30,31)28-8-13(20)9-28/h11-15,29H,4-10H2,1-3H3,(H2,22,23,24,25)/t12-,14+,15+/m1/s1. The van der Waals surface area contributed by atoms with E-state index in [1.54, 1.807) is 13.3 Å². The molecule has 2 fully saturated rings. The number of rotatable bonds is 9. The Bertz CT molecular complexity index is 1060. The monoisotopic (exact) mass is 470 g/mol. The van der Waals surface area contributed by atoms with Crippen molar-refractivity contribution in [2.75, 3.05) is 36.8 Å². The van der Waals surface area contributed by atoms with Crippen molar-refractivity contribution in [1.29, 1.82) is 0 Å². The number of hydrogen-bond donors (Lipinski definition) is 3. The fourth-order valence-corrected chi connectivity index (χ4v) is 5.79. The summed E-state index contributed by atoms with van der Waals surface area (Å²) in [6.07, 6.45) is 1.33. The first kappa shape index (κ1) is 23.1. The van der Waals surface area contributed by atoms with Crippen LogP contribution in [0.1, 0.15) is 33.6 Å². The molecule has 0 amide bonds. The van der Waals surface area contributed by atoms with Crippen LogP contribution in [0.5, 0.6) is 0 Å². The van der Waals surface area contributed by atoms with Crippen LogP contribution >= 0.6 is 0 Å². The molecule has 0 unspecified atom stereocenters. The third kappa shape index (κ3) is 4.38. The number of aromatic nitrogens is 4. The van der Waals surface area contributed by atoms with Crippen molar-refractivity contribution < 1.29 is 17.9 Å². The molecule has 13 heteroatoms. The fourth-order valence-electron chi connectivity index (χ4n) is 4.06. The minimum atomic E-state index is -3.65. The van der Waals surface area contributed by atoms with Gasteiger partial charge in [0.2, 0.25) is 5.95 Å². The van der Waals surface area contributed by atoms with Crippen molar-refractivity contribution >= 4 is 33.1 Å². The number of alkyl halides is 1. The molecule has 0 saturated carbocycles. The van der Waals surface area contributed by atoms with Gasteiger partial charge in [-0.05, 0) is 26.7 Å². The predicted molar refractivity (Wildman–Crippen MR) is 119 cm³/mol. The highest BCUT2D eigenvalue weighted by Crippen LogP contribution is 2.27. The zero-order chi connectivity index (χ0) is 23.0. The van der Waals surface area contributed by atoms with Gasteiger partial charge in [0.15, 0.2) is 17.0 Å². The summed E-state index contributed by atoms with van der Waals surface area (Å²) in [5.74, 6) is 0.891. The van der Waals surface area contributed by atoms with Gasteiger partial charge in [-0.15, -0.1) is 0 Å². The zero-order valence-electron chi connectivity index (χ0n) is 18.6. The molecule has 3 N–H and O–H groups in total. The summed E-state index contributed by atoms with van der Waals surface area (Å²) >= 11 is 0. The van der Waals surface area contributed by atoms with Crippen LogP contribution < -0.4 is 10.6 Å². The van der Waals surface area contributed by atoms with Gasteiger partial charge in [-0.2, -0.15) is 27.0 Å². The quantitative estimate of drug-likeness (QED) is 0.491. The number of halogens is 1. The van der Waals surface area contributed by atoms with Crippen LogP contribution in [0, 0.1) is 0 Å². The van der Waals surface area contributed by atoms with Crippen molar-refractivity contribution in [3.8, 4) is 0 Å². The highest BCUT2D eigenvalue weighted by molar-refractivity contribution is 7.86. The smallest absolute Gasteiger partial charge is 0.282 e. The van der Waals surface area contributed by atoms with Crippen LogP contribution in [0.2, 0.25) is 0 Å². The van der Waals surface area contributed by atoms with E-state index in [0.717, 1.165) is 0 Å². The Hall–Kier alpha value is -2.09. The van der Waals surface area contributed by atoms with E-state index in [9.17, 15) is 17.9 Å². The summed E-state index contributed by atoms with van der Waals surface area (Å²) in [7, 11) is -3.65. The number of anilines is 2. The molecule has 4 rings (SSSR count). The summed E-state index contributed by atoms with van der Waals surface area (Å²) in [6, 6.07) is -0.370. The second-order valence-corrected chi connectivity index (χ2v) is 10.3. The summed E-state index contributed by atoms with van der Waals surface area (Å²) in [5.41, 5.74) is 1.26. The van der Waals surface area contributed by atoms with E-state index >= 15 is 0 Å². The van der Waals surface area contributed by atoms with Gasteiger partial charge in [0.25, 0.3) is 10.2 Å². The Kier molecular flexibility index (Phi) is 6.52. The van der Waals surface area contributed by atoms with E-state index in [4.69, 9.17) is 0 Å². The van der Waals surface area contributed by atoms with E-state index in [1.807, 2.05) is 18.4 Å². The molecule has 0 spiro atoms. The second-order valence-electron chi connectivity index (χ2n) is 8.41. The van der Waals surface area contributed by atoms with Gasteiger partial charge in [-0.25, -0.2) is 9.37 Å². The molecule has 0 bridgehead atoms. The molecule has 2 aliphatic heterocycles. The van der Waals surface area contributed by atoms with E-state index in [1.165, 1.54) is 8.61 Å². The zero-order valence-corrected chi connectivity index (χ0v) is 19.4. The third-order valence-corrected chi connectivity index (χ3v) is 8.02. The van der Waals surface area contributed by atoms with Crippen molar-refractivity contribution in [1.82, 2.24) is 28.1 Å². The molecule has 0 aromatic carbocycles. The normalized spacial score (nSPS) is 22.7. The van der Waals surface area contributed by atoms with Gasteiger partial charge < -0.3 is 20.3 Å². The summed E-state index contributed by atoms with van der Waals surface area (Å²) in [5, 5.41) is 16.5. The van der Waals surface area contributed by atoms with Crippen LogP contribution in [-0.4, -0.2) is 92.2 Å². The lowest BCUT2D eigenvalue weighted by atomic mass is 10.1. The average molecular weight is 471 g/mol. The molecule has 3 atom stereocenters. The van der Waals surface area contributed by atoms with Gasteiger partial charge in [-0.1, -0.05) is 6.92 Å². The van der Waals surface area contributed by atoms with Crippen molar-refractivity contribution in [3.05, 3.63) is 6.33 Å². The van der Waals surface area contributed by atoms with Gasteiger partial charge in [0.1, 0.15) is 6.17 Å². The van der Waals surface area contributed by atoms with Crippen LogP contribution in [0.15, 0.2) is 6.33 Å². The number of fused-ring (bicyclic) bond motifs is 1. The average Bonchev–Trinajstić information content (AvgIpc) is 3.36. The van der Waals surface area contributed by atoms with Crippen LogP contribution in [0.4, 0.5) is 16.2 Å². The largest absolute Gasteiger partial charge is 0.391 e. The molecule has 32 heavy (non-hydrogen) atoms. The number of aryl methyl sites for hydroxylation is 1. The van der Waals surface area contributed by atoms with E-state index < -0.39 is 22.5 Å². The Morgan fingerprint density at radius 2 is 2.00 bits per heavy atom. The third-order valence-electron chi connectivity index (χ3n) is 6.09. The molecule has 0 aliphatic carbocycles. The molecule has 178 valence electrons. The molecule has 11 nitrogen and oxygen atoms in total. The molecular weight excluding hydrogens is 439 g/mol. The first-order valence-corrected chi connectivity index (χ1v) is 12.5. The summed E-state index contributed by atoms with van der Waals surface area (Å²) in [6.45, 7) is 6.83. The Morgan fingerprint density at radius 1 is 1.25 bits per heavy atom. The maximum Gasteiger partial charge on any atom is 0.282 e. The van der Waals surface area contributed by atoms with Gasteiger partial charge >= 0.3 is 0 Å². The highest BCUT2D eigenvalue weighted by atomic mass is 32.2. The maximum absolute atomic E-state index is 13.2. The first-order chi connectivity index (χ1) is 15.2. The molecule has 0 radical (unpaired) electrons. The summed E-state index contributed by atoms with van der Waals surface area (Å²) in [4.78, 5) is 13.6. The number of imidazole rings is 1. The van der Waals surface area contributed by atoms with Crippen molar-refractivity contribution in [2.45, 2.75) is 64.5 Å². The van der Waals surface area contributed by atoms with E-state index in [-0.39, 0.29) is 31.7 Å². The van der Waals surface area contributed by atoms with Crippen LogP contribution in [-0.2, 0) is 16.8 Å². The minimum Gasteiger partial charge on any atom is -0.391 e. The minimum absolute atomic E-state index is 0.0746. The Morgan fingerprint density at radius 3 is 2.62 bits per heavy atom. The van der Waals surface area contributed by atoms with Crippen molar-refractivity contribution in [3.63, 3.8) is 0 Å². The Balaban J connectivity index is 1.55. The van der Waals surface area contributed by atoms with E-state index in [0.29, 0.717) is 48.9 Å². The Labute approximate surface area is 187 Å². The number of nitrogens with zero attached hydrogens (tertiary/aromatic N) is 6. The molecule has 4 heterocycles. The lowest BCUT2D eigenvalue weighted by molar-refractivity contribution is 0.134. The molecular formula is C19H31FN8O3S. The number of hydrogen-bond acceptors (Lipinski definition) is 8. The fraction of sp³-hybridized carbons (Fsp3) is 0.737. The number of aliphatic hydroxyl groups excluding tert-OH is 1. The topological polar surface area (TPSA) is 129 Å². The molecule has 2 aromatic rings. The van der Waals surface area contributed by atoms with Crippen LogP contribution in [0.25, 0.3) is 11.2 Å². The lowest BCUT2D eigenvalue weighted by Crippen LogP contribution is -2.56. The van der Waals surface area contributed by atoms with Crippen molar-refractivity contribution in [2.24, 2.45) is 0 Å². The van der Waals surface area contributed by atoms with Gasteiger partial charge in [-0.3, -0.25) is 0 Å². The SMILES string of the molecule is CC[C@H](Nc1nc(N[C@H]2CCN(S(=O)(=O)N3CC(F)C3)C2)c2ncn(CC)c2n1)[C@@H](C)O. The second kappa shape index (κ2) is 9.04. The molecule has 2 aliphatic rings. The maximum atomic E-state index is 13.2. The highest BCUT2D eigenvalue weighted by Gasteiger charge is 2.42. The predicted octanol–water partition coefficient (Wildman–Crippen LogP) is 0.802. The molecule has 2 aromatic heterocycles. The first-order valence-electron chi connectivity index (χ1n) is 11.1.